The lowest BCUT2D eigenvalue weighted by atomic mass is 9.95. The topological polar surface area (TPSA) is 75.0 Å². The summed E-state index contributed by atoms with van der Waals surface area (Å²) in [5.74, 6) is 0.0843. The number of hydrogen-bond acceptors (Lipinski definition) is 5. The van der Waals surface area contributed by atoms with Gasteiger partial charge in [0.2, 0.25) is 5.91 Å². The van der Waals surface area contributed by atoms with E-state index in [2.05, 4.69) is 16.4 Å². The van der Waals surface area contributed by atoms with Crippen LogP contribution >= 0.6 is 11.8 Å². The fourth-order valence-electron chi connectivity index (χ4n) is 2.91. The number of fused-ring (bicyclic) bond motifs is 1. The molecule has 140 valence electrons. The number of hydrogen-bond donors (Lipinski definition) is 1. The van der Waals surface area contributed by atoms with Crippen molar-refractivity contribution < 1.29 is 13.9 Å². The molecular weight excluding hydrogens is 365 g/mol. The molecular formula is C20H20FN3O2S. The molecule has 0 bridgehead atoms. The molecule has 0 fully saturated rings. The highest BCUT2D eigenvalue weighted by Gasteiger charge is 2.16. The summed E-state index contributed by atoms with van der Waals surface area (Å²) in [6.07, 6.45) is 4.14. The fraction of sp³-hybridized carbons (Fsp3) is 0.350. The van der Waals surface area contributed by atoms with E-state index >= 15 is 0 Å². The lowest BCUT2D eigenvalue weighted by Crippen LogP contribution is -2.29. The summed E-state index contributed by atoms with van der Waals surface area (Å²) in [4.78, 5) is 16.6. The van der Waals surface area contributed by atoms with Gasteiger partial charge in [0.15, 0.2) is 0 Å². The number of halogens is 1. The molecule has 1 aliphatic rings. The number of pyridine rings is 1. The quantitative estimate of drug-likeness (QED) is 0.585. The molecule has 0 saturated heterocycles. The van der Waals surface area contributed by atoms with Gasteiger partial charge >= 0.3 is 0 Å². The molecule has 0 unspecified atom stereocenters. The minimum absolute atomic E-state index is 0.161. The number of amides is 1. The molecule has 1 amide bonds. The number of carbonyl (C=O) groups excluding carboxylic acids is 1. The van der Waals surface area contributed by atoms with Crippen LogP contribution in [0.25, 0.3) is 0 Å². The second-order valence-corrected chi connectivity index (χ2v) is 7.17. The second-order valence-electron chi connectivity index (χ2n) is 6.21. The number of nitrogens with one attached hydrogen (secondary N) is 1. The third-order valence-electron chi connectivity index (χ3n) is 4.22. The Bertz CT molecular complexity index is 867. The molecule has 0 radical (unpaired) electrons. The van der Waals surface area contributed by atoms with E-state index in [1.807, 2.05) is 6.07 Å². The zero-order valence-electron chi connectivity index (χ0n) is 14.8. The summed E-state index contributed by atoms with van der Waals surface area (Å²) in [5.41, 5.74) is 2.73. The van der Waals surface area contributed by atoms with Crippen LogP contribution in [0, 0.1) is 17.1 Å². The first-order valence-electron chi connectivity index (χ1n) is 8.86. The van der Waals surface area contributed by atoms with Gasteiger partial charge in [-0.3, -0.25) is 4.79 Å². The van der Waals surface area contributed by atoms with Crippen molar-refractivity contribution in [2.45, 2.75) is 30.7 Å². The molecule has 1 aromatic heterocycles. The Labute approximate surface area is 161 Å². The molecule has 1 heterocycles. The van der Waals surface area contributed by atoms with Crippen molar-refractivity contribution in [1.29, 1.82) is 5.26 Å². The number of thioether (sulfide) groups is 1. The largest absolute Gasteiger partial charge is 0.492 e. The van der Waals surface area contributed by atoms with E-state index in [1.54, 1.807) is 12.1 Å². The molecule has 1 aromatic carbocycles. The molecule has 1 N–H and O–H groups in total. The Kier molecular flexibility index (Phi) is 6.66. The Morgan fingerprint density at radius 1 is 1.33 bits per heavy atom. The minimum Gasteiger partial charge on any atom is -0.492 e. The van der Waals surface area contributed by atoms with Gasteiger partial charge in [0.05, 0.1) is 17.9 Å². The van der Waals surface area contributed by atoms with E-state index in [-0.39, 0.29) is 24.1 Å². The molecule has 2 aromatic rings. The van der Waals surface area contributed by atoms with Crippen LogP contribution in [0.2, 0.25) is 0 Å². The highest BCUT2D eigenvalue weighted by atomic mass is 32.2. The highest BCUT2D eigenvalue weighted by Crippen LogP contribution is 2.27. The molecule has 0 spiro atoms. The van der Waals surface area contributed by atoms with Gasteiger partial charge in [-0.05, 0) is 49.4 Å². The number of nitriles is 1. The van der Waals surface area contributed by atoms with E-state index in [0.717, 1.165) is 36.9 Å². The van der Waals surface area contributed by atoms with Gasteiger partial charge in [0.1, 0.15) is 29.3 Å². The lowest BCUT2D eigenvalue weighted by Gasteiger charge is -2.16. The fourth-order valence-corrected chi connectivity index (χ4v) is 3.71. The van der Waals surface area contributed by atoms with Gasteiger partial charge in [-0.25, -0.2) is 9.37 Å². The molecule has 7 heteroatoms. The molecule has 0 atom stereocenters. The van der Waals surface area contributed by atoms with Crippen LogP contribution in [0.4, 0.5) is 4.39 Å². The van der Waals surface area contributed by atoms with Crippen molar-refractivity contribution in [1.82, 2.24) is 10.3 Å². The first-order chi connectivity index (χ1) is 13.2. The van der Waals surface area contributed by atoms with Crippen LogP contribution in [-0.2, 0) is 17.6 Å². The number of rotatable bonds is 7. The van der Waals surface area contributed by atoms with Gasteiger partial charge in [-0.2, -0.15) is 5.26 Å². The molecule has 3 rings (SSSR count). The van der Waals surface area contributed by atoms with Crippen LogP contribution in [0.3, 0.4) is 0 Å². The van der Waals surface area contributed by atoms with Gasteiger partial charge < -0.3 is 10.1 Å². The summed E-state index contributed by atoms with van der Waals surface area (Å²) in [7, 11) is 0. The van der Waals surface area contributed by atoms with Gasteiger partial charge in [0.25, 0.3) is 0 Å². The van der Waals surface area contributed by atoms with E-state index < -0.39 is 0 Å². The minimum atomic E-state index is -0.362. The van der Waals surface area contributed by atoms with Gasteiger partial charge in [-0.1, -0.05) is 17.8 Å². The number of nitrogens with zero attached hydrogens (tertiary/aromatic N) is 2. The molecule has 5 nitrogen and oxygen atoms in total. The summed E-state index contributed by atoms with van der Waals surface area (Å²) in [6, 6.07) is 9.95. The van der Waals surface area contributed by atoms with Crippen molar-refractivity contribution in [2.75, 3.05) is 18.9 Å². The van der Waals surface area contributed by atoms with E-state index in [0.29, 0.717) is 22.9 Å². The number of benzene rings is 1. The molecule has 0 aliphatic heterocycles. The number of carbonyl (C=O) groups is 1. The Morgan fingerprint density at radius 3 is 3.00 bits per heavy atom. The van der Waals surface area contributed by atoms with Crippen LogP contribution in [0.5, 0.6) is 5.75 Å². The third kappa shape index (κ3) is 5.44. The maximum absolute atomic E-state index is 13.1. The molecule has 1 aliphatic carbocycles. The van der Waals surface area contributed by atoms with Gasteiger partial charge in [-0.15, -0.1) is 0 Å². The zero-order valence-corrected chi connectivity index (χ0v) is 15.7. The summed E-state index contributed by atoms with van der Waals surface area (Å²) in [5, 5.41) is 12.7. The van der Waals surface area contributed by atoms with Crippen LogP contribution in [-0.4, -0.2) is 29.8 Å². The van der Waals surface area contributed by atoms with E-state index in [4.69, 9.17) is 4.74 Å². The van der Waals surface area contributed by atoms with Crippen molar-refractivity contribution in [3.8, 4) is 11.8 Å². The first-order valence-corrected chi connectivity index (χ1v) is 9.85. The maximum Gasteiger partial charge on any atom is 0.230 e. The third-order valence-corrected chi connectivity index (χ3v) is 5.21. The molecule has 27 heavy (non-hydrogen) atoms. The Morgan fingerprint density at radius 2 is 2.19 bits per heavy atom. The summed E-state index contributed by atoms with van der Waals surface area (Å²) < 4.78 is 18.4. The second kappa shape index (κ2) is 9.38. The van der Waals surface area contributed by atoms with Crippen molar-refractivity contribution in [3.63, 3.8) is 0 Å². The maximum atomic E-state index is 13.1. The standard InChI is InChI=1S/C20H20FN3O2S/c21-16-5-3-6-17(11-16)26-9-8-23-19(25)13-27-20-15(12-22)10-14-4-1-2-7-18(14)24-20/h3,5-6,10-11H,1-2,4,7-9,13H2,(H,23,25). The van der Waals surface area contributed by atoms with E-state index in [1.165, 1.54) is 23.9 Å². The van der Waals surface area contributed by atoms with E-state index in [9.17, 15) is 14.4 Å². The monoisotopic (exact) mass is 385 g/mol. The van der Waals surface area contributed by atoms with Gasteiger partial charge in [0, 0.05) is 11.8 Å². The highest BCUT2D eigenvalue weighted by molar-refractivity contribution is 8.00. The van der Waals surface area contributed by atoms with Crippen LogP contribution in [0.15, 0.2) is 35.4 Å². The smallest absolute Gasteiger partial charge is 0.230 e. The Hall–Kier alpha value is -2.59. The van der Waals surface area contributed by atoms with Crippen molar-refractivity contribution >= 4 is 17.7 Å². The first kappa shape index (κ1) is 19.2. The number of ether oxygens (including phenoxy) is 1. The van der Waals surface area contributed by atoms with Crippen LogP contribution in [0.1, 0.15) is 29.7 Å². The Balaban J connectivity index is 1.46. The lowest BCUT2D eigenvalue weighted by molar-refractivity contribution is -0.118. The summed E-state index contributed by atoms with van der Waals surface area (Å²) in [6.45, 7) is 0.568. The zero-order chi connectivity index (χ0) is 19.1. The average molecular weight is 385 g/mol. The van der Waals surface area contributed by atoms with Crippen LogP contribution < -0.4 is 10.1 Å². The number of aromatic nitrogens is 1. The normalized spacial score (nSPS) is 12.7. The van der Waals surface area contributed by atoms with Crippen molar-refractivity contribution in [2.24, 2.45) is 0 Å². The number of aryl methyl sites for hydroxylation is 2. The van der Waals surface area contributed by atoms with Crippen molar-refractivity contribution in [3.05, 3.63) is 53.0 Å². The summed E-state index contributed by atoms with van der Waals surface area (Å²) >= 11 is 1.27. The SMILES string of the molecule is N#Cc1cc2c(nc1SCC(=O)NCCOc1cccc(F)c1)CCCC2. The molecule has 0 saturated carbocycles. The predicted molar refractivity (Wildman–Crippen MR) is 101 cm³/mol. The average Bonchev–Trinajstić information content (AvgIpc) is 2.69. The predicted octanol–water partition coefficient (Wildman–Crippen LogP) is 3.26.